The van der Waals surface area contributed by atoms with Crippen LogP contribution < -0.4 is 0 Å². The normalized spacial score (nSPS) is 12.8. The number of benzene rings is 2. The second-order valence-electron chi connectivity index (χ2n) is 5.15. The fraction of sp³-hybridized carbons (Fsp3) is 0.188. The van der Waals surface area contributed by atoms with E-state index in [2.05, 4.69) is 0 Å². The number of hydrogen-bond donors (Lipinski definition) is 3. The maximum Gasteiger partial charge on any atom is 0.339 e. The summed E-state index contributed by atoms with van der Waals surface area (Å²) in [5.74, 6) is -1.82. The Morgan fingerprint density at radius 3 is 2.38 bits per heavy atom. The first-order valence-corrected chi connectivity index (χ1v) is 8.32. The molecule has 0 aliphatic heterocycles. The highest BCUT2D eigenvalue weighted by molar-refractivity contribution is 7.86. The average molecular weight is 352 g/mol. The van der Waals surface area contributed by atoms with Crippen LogP contribution in [0.25, 0.3) is 0 Å². The van der Waals surface area contributed by atoms with Gasteiger partial charge in [0, 0.05) is 0 Å². The molecular formula is C16H16O7S. The van der Waals surface area contributed by atoms with Crippen molar-refractivity contribution in [1.29, 1.82) is 0 Å². The molecular weight excluding hydrogens is 336 g/mol. The highest BCUT2D eigenvalue weighted by Gasteiger charge is 2.20. The largest absolute Gasteiger partial charge is 0.507 e. The monoisotopic (exact) mass is 352 g/mol. The van der Waals surface area contributed by atoms with Gasteiger partial charge in [0.25, 0.3) is 10.1 Å². The Bertz CT molecular complexity index is 841. The summed E-state index contributed by atoms with van der Waals surface area (Å²) in [6, 6.07) is 9.47. The molecule has 2 aromatic rings. The van der Waals surface area contributed by atoms with Crippen LogP contribution in [0.5, 0.6) is 5.75 Å². The lowest BCUT2D eigenvalue weighted by Crippen LogP contribution is -2.14. The molecule has 0 unspecified atom stereocenters. The molecule has 0 heterocycles. The molecule has 0 aromatic heterocycles. The number of aliphatic hydroxyl groups excluding tert-OH is 1. The fourth-order valence-electron chi connectivity index (χ4n) is 1.96. The highest BCUT2D eigenvalue weighted by Crippen LogP contribution is 2.24. The van der Waals surface area contributed by atoms with Gasteiger partial charge in [0.15, 0.2) is 0 Å². The summed E-state index contributed by atoms with van der Waals surface area (Å²) >= 11 is 0. The number of carboxylic acid groups (broad SMARTS) is 1. The lowest BCUT2D eigenvalue weighted by molar-refractivity contribution is 0.0692. The van der Waals surface area contributed by atoms with Gasteiger partial charge in [-0.25, -0.2) is 4.79 Å². The van der Waals surface area contributed by atoms with Gasteiger partial charge in [-0.2, -0.15) is 8.42 Å². The van der Waals surface area contributed by atoms with Gasteiger partial charge in [0.05, 0.1) is 11.5 Å². The molecule has 8 heteroatoms. The molecule has 2 rings (SSSR count). The molecule has 0 bridgehead atoms. The van der Waals surface area contributed by atoms with Gasteiger partial charge in [-0.1, -0.05) is 23.8 Å². The van der Waals surface area contributed by atoms with Crippen LogP contribution >= 0.6 is 0 Å². The predicted octanol–water partition coefficient (Wildman–Crippen LogP) is 1.84. The van der Waals surface area contributed by atoms with E-state index in [0.717, 1.165) is 17.7 Å². The smallest absolute Gasteiger partial charge is 0.339 e. The van der Waals surface area contributed by atoms with Crippen molar-refractivity contribution in [1.82, 2.24) is 0 Å². The molecule has 0 aliphatic rings. The quantitative estimate of drug-likeness (QED) is 0.678. The van der Waals surface area contributed by atoms with Crippen molar-refractivity contribution in [3.05, 3.63) is 59.2 Å². The first-order chi connectivity index (χ1) is 11.2. The maximum atomic E-state index is 12.0. The van der Waals surface area contributed by atoms with Crippen LogP contribution in [0, 0.1) is 6.92 Å². The van der Waals surface area contributed by atoms with E-state index in [1.165, 1.54) is 18.2 Å². The van der Waals surface area contributed by atoms with Crippen LogP contribution in [0.4, 0.5) is 0 Å². The summed E-state index contributed by atoms with van der Waals surface area (Å²) in [7, 11) is -4.04. The number of carboxylic acids is 1. The second kappa shape index (κ2) is 7.00. The Balaban J connectivity index is 2.12. The summed E-state index contributed by atoms with van der Waals surface area (Å²) in [5, 5.41) is 28.4. The van der Waals surface area contributed by atoms with Gasteiger partial charge in [-0.3, -0.25) is 4.18 Å². The Kier molecular flexibility index (Phi) is 5.23. The summed E-state index contributed by atoms with van der Waals surface area (Å²) in [5.41, 5.74) is 0.608. The minimum absolute atomic E-state index is 0.0442. The van der Waals surface area contributed by atoms with E-state index < -0.39 is 40.1 Å². The van der Waals surface area contributed by atoms with Crippen LogP contribution in [0.3, 0.4) is 0 Å². The second-order valence-corrected chi connectivity index (χ2v) is 6.76. The van der Waals surface area contributed by atoms with Gasteiger partial charge in [-0.05, 0) is 36.8 Å². The number of aromatic carboxylic acids is 1. The van der Waals surface area contributed by atoms with E-state index in [4.69, 9.17) is 9.29 Å². The maximum absolute atomic E-state index is 12.0. The third-order valence-corrected chi connectivity index (χ3v) is 4.62. The van der Waals surface area contributed by atoms with Crippen molar-refractivity contribution in [2.75, 3.05) is 6.61 Å². The minimum atomic E-state index is -4.04. The van der Waals surface area contributed by atoms with Crippen molar-refractivity contribution in [2.24, 2.45) is 0 Å². The summed E-state index contributed by atoms with van der Waals surface area (Å²) in [6.07, 6.45) is -1.37. The molecule has 1 atom stereocenters. The number of carbonyl (C=O) groups is 1. The van der Waals surface area contributed by atoms with Crippen LogP contribution in [-0.2, 0) is 14.3 Å². The van der Waals surface area contributed by atoms with Crippen LogP contribution in [0.1, 0.15) is 27.6 Å². The van der Waals surface area contributed by atoms with Gasteiger partial charge in [0.2, 0.25) is 0 Å². The van der Waals surface area contributed by atoms with Gasteiger partial charge >= 0.3 is 5.97 Å². The molecule has 0 amide bonds. The zero-order valence-corrected chi connectivity index (χ0v) is 13.5. The third kappa shape index (κ3) is 4.10. The first-order valence-electron chi connectivity index (χ1n) is 6.91. The van der Waals surface area contributed by atoms with E-state index in [-0.39, 0.29) is 10.5 Å². The van der Waals surface area contributed by atoms with Crippen molar-refractivity contribution in [3.8, 4) is 5.75 Å². The van der Waals surface area contributed by atoms with Gasteiger partial charge in [-0.15, -0.1) is 0 Å². The lowest BCUT2D eigenvalue weighted by Gasteiger charge is -2.13. The van der Waals surface area contributed by atoms with E-state index >= 15 is 0 Å². The summed E-state index contributed by atoms with van der Waals surface area (Å²) < 4.78 is 28.9. The van der Waals surface area contributed by atoms with Crippen molar-refractivity contribution in [3.63, 3.8) is 0 Å². The number of aryl methyl sites for hydroxylation is 1. The number of aliphatic hydroxyl groups is 1. The molecule has 24 heavy (non-hydrogen) atoms. The number of rotatable bonds is 6. The van der Waals surface area contributed by atoms with E-state index in [1.807, 2.05) is 6.92 Å². The molecule has 128 valence electrons. The molecule has 0 fully saturated rings. The molecule has 0 saturated heterocycles. The van der Waals surface area contributed by atoms with Gasteiger partial charge in [0.1, 0.15) is 17.4 Å². The van der Waals surface area contributed by atoms with Crippen molar-refractivity contribution >= 4 is 16.1 Å². The molecule has 0 saturated carbocycles. The molecule has 3 N–H and O–H groups in total. The van der Waals surface area contributed by atoms with Crippen LogP contribution in [0.2, 0.25) is 0 Å². The van der Waals surface area contributed by atoms with E-state index in [1.54, 1.807) is 12.1 Å². The lowest BCUT2D eigenvalue weighted by atomic mass is 10.1. The fourth-order valence-corrected chi connectivity index (χ4v) is 2.87. The summed E-state index contributed by atoms with van der Waals surface area (Å²) in [4.78, 5) is 10.9. The predicted molar refractivity (Wildman–Crippen MR) is 84.3 cm³/mol. The Morgan fingerprint density at radius 2 is 1.79 bits per heavy atom. The van der Waals surface area contributed by atoms with Crippen LogP contribution in [0.15, 0.2) is 47.4 Å². The SMILES string of the molecule is Cc1ccc(S(=O)(=O)OC[C@H](O)c2ccc(O)c(C(=O)O)c2)cc1. The van der Waals surface area contributed by atoms with E-state index in [0.29, 0.717) is 0 Å². The zero-order valence-electron chi connectivity index (χ0n) is 12.7. The van der Waals surface area contributed by atoms with Gasteiger partial charge < -0.3 is 15.3 Å². The Labute approximate surface area is 138 Å². The molecule has 0 radical (unpaired) electrons. The number of hydrogen-bond acceptors (Lipinski definition) is 6. The molecule has 0 spiro atoms. The standard InChI is InChI=1S/C16H16O7S/c1-10-2-5-12(6-3-10)24(21,22)23-9-15(18)11-4-7-14(17)13(8-11)16(19)20/h2-8,15,17-18H,9H2,1H3,(H,19,20)/t15-/m0/s1. The third-order valence-electron chi connectivity index (χ3n) is 3.33. The van der Waals surface area contributed by atoms with Crippen molar-refractivity contribution in [2.45, 2.75) is 17.9 Å². The molecule has 2 aromatic carbocycles. The van der Waals surface area contributed by atoms with Crippen LogP contribution in [-0.4, -0.2) is 36.3 Å². The number of phenols is 1. The zero-order chi connectivity index (χ0) is 17.9. The highest BCUT2D eigenvalue weighted by atomic mass is 32.2. The Hall–Kier alpha value is -2.42. The van der Waals surface area contributed by atoms with Crippen molar-refractivity contribution < 1.29 is 32.7 Å². The Morgan fingerprint density at radius 1 is 1.17 bits per heavy atom. The number of aromatic hydroxyl groups is 1. The molecule has 7 nitrogen and oxygen atoms in total. The average Bonchev–Trinajstić information content (AvgIpc) is 2.53. The van der Waals surface area contributed by atoms with E-state index in [9.17, 15) is 23.4 Å². The summed E-state index contributed by atoms with van der Waals surface area (Å²) in [6.45, 7) is 1.23. The topological polar surface area (TPSA) is 121 Å². The molecule has 0 aliphatic carbocycles. The first kappa shape index (κ1) is 17.9. The minimum Gasteiger partial charge on any atom is -0.507 e.